The molecule has 1 saturated carbocycles. The van der Waals surface area contributed by atoms with E-state index in [1.807, 2.05) is 12.1 Å². The first kappa shape index (κ1) is 14.4. The van der Waals surface area contributed by atoms with Crippen LogP contribution in [0.4, 0.5) is 0 Å². The molecule has 0 aromatic heterocycles. The van der Waals surface area contributed by atoms with Crippen molar-refractivity contribution in [2.24, 2.45) is 5.73 Å². The van der Waals surface area contributed by atoms with Gasteiger partial charge in [0.25, 0.3) is 0 Å². The number of hydrogen-bond acceptors (Lipinski definition) is 2. The molecule has 1 aliphatic heterocycles. The van der Waals surface area contributed by atoms with Gasteiger partial charge in [-0.15, -0.1) is 0 Å². The Morgan fingerprint density at radius 2 is 1.75 bits per heavy atom. The number of nitrogens with zero attached hydrogens (tertiary/aromatic N) is 1. The fraction of sp³-hybridized carbons (Fsp3) is 0.647. The van der Waals surface area contributed by atoms with Crippen LogP contribution in [0.3, 0.4) is 0 Å². The van der Waals surface area contributed by atoms with Crippen LogP contribution in [0.25, 0.3) is 0 Å². The quantitative estimate of drug-likeness (QED) is 0.918. The number of halogens is 1. The second-order valence-corrected chi connectivity index (χ2v) is 6.81. The maximum absolute atomic E-state index is 6.69. The van der Waals surface area contributed by atoms with E-state index >= 15 is 0 Å². The van der Waals surface area contributed by atoms with Gasteiger partial charge in [0.05, 0.1) is 0 Å². The van der Waals surface area contributed by atoms with E-state index in [1.54, 1.807) is 0 Å². The van der Waals surface area contributed by atoms with Crippen LogP contribution in [0.2, 0.25) is 5.02 Å². The highest BCUT2D eigenvalue weighted by Gasteiger charge is 2.45. The first-order valence-corrected chi connectivity index (χ1v) is 8.34. The molecule has 2 aliphatic rings. The van der Waals surface area contributed by atoms with E-state index in [0.29, 0.717) is 0 Å². The zero-order chi connectivity index (χ0) is 14.0. The monoisotopic (exact) mass is 292 g/mol. The molecule has 1 aliphatic carbocycles. The Morgan fingerprint density at radius 3 is 2.40 bits per heavy atom. The summed E-state index contributed by atoms with van der Waals surface area (Å²) in [7, 11) is 0. The maximum Gasteiger partial charge on any atom is 0.0438 e. The van der Waals surface area contributed by atoms with Crippen molar-refractivity contribution in [2.75, 3.05) is 13.1 Å². The minimum absolute atomic E-state index is 0.197. The van der Waals surface area contributed by atoms with Gasteiger partial charge in [-0.1, -0.05) is 42.6 Å². The summed E-state index contributed by atoms with van der Waals surface area (Å²) in [5.41, 5.74) is 8.13. The van der Waals surface area contributed by atoms with Crippen LogP contribution in [0.1, 0.15) is 44.1 Å². The lowest BCUT2D eigenvalue weighted by Crippen LogP contribution is -2.58. The lowest BCUT2D eigenvalue weighted by atomic mass is 9.83. The predicted molar refractivity (Wildman–Crippen MR) is 85.1 cm³/mol. The molecule has 0 spiro atoms. The summed E-state index contributed by atoms with van der Waals surface area (Å²) in [6.45, 7) is 2.46. The van der Waals surface area contributed by atoms with E-state index in [-0.39, 0.29) is 11.6 Å². The van der Waals surface area contributed by atoms with Crippen molar-refractivity contribution in [3.8, 4) is 0 Å². The second-order valence-electron chi connectivity index (χ2n) is 6.41. The largest absolute Gasteiger partial charge is 0.326 e. The topological polar surface area (TPSA) is 29.3 Å². The van der Waals surface area contributed by atoms with Crippen LogP contribution in [0.15, 0.2) is 24.3 Å². The molecule has 3 heteroatoms. The summed E-state index contributed by atoms with van der Waals surface area (Å²) in [6.07, 6.45) is 8.74. The summed E-state index contributed by atoms with van der Waals surface area (Å²) in [6, 6.07) is 8.34. The lowest BCUT2D eigenvalue weighted by Gasteiger charge is -2.43. The van der Waals surface area contributed by atoms with Gasteiger partial charge < -0.3 is 5.73 Å². The Hall–Kier alpha value is -0.570. The van der Waals surface area contributed by atoms with Gasteiger partial charge >= 0.3 is 0 Å². The third-order valence-electron chi connectivity index (χ3n) is 5.29. The fourth-order valence-corrected chi connectivity index (χ4v) is 4.37. The highest BCUT2D eigenvalue weighted by molar-refractivity contribution is 6.31. The molecule has 20 heavy (non-hydrogen) atoms. The van der Waals surface area contributed by atoms with Crippen molar-refractivity contribution in [3.05, 3.63) is 34.9 Å². The minimum Gasteiger partial charge on any atom is -0.326 e. The molecule has 3 rings (SSSR count). The molecule has 1 saturated heterocycles. The van der Waals surface area contributed by atoms with Crippen molar-refractivity contribution in [2.45, 2.75) is 56.5 Å². The first-order valence-electron chi connectivity index (χ1n) is 7.96. The zero-order valence-electron chi connectivity index (χ0n) is 12.2. The normalized spacial score (nSPS) is 24.1. The van der Waals surface area contributed by atoms with Crippen LogP contribution < -0.4 is 5.73 Å². The summed E-state index contributed by atoms with van der Waals surface area (Å²) in [5, 5.41) is 0.859. The van der Waals surface area contributed by atoms with Gasteiger partial charge in [-0.2, -0.15) is 0 Å². The predicted octanol–water partition coefficient (Wildman–Crippen LogP) is 3.62. The minimum atomic E-state index is 0.197. The highest BCUT2D eigenvalue weighted by Crippen LogP contribution is 2.40. The van der Waals surface area contributed by atoms with Gasteiger partial charge in [-0.05, 0) is 56.8 Å². The highest BCUT2D eigenvalue weighted by atomic mass is 35.5. The average Bonchev–Trinajstić information content (AvgIpc) is 3.12. The molecule has 2 nitrogen and oxygen atoms in total. The first-order chi connectivity index (χ1) is 9.72. The molecule has 0 bridgehead atoms. The number of likely N-dealkylation sites (tertiary alicyclic amines) is 1. The number of nitrogens with two attached hydrogens (primary N) is 1. The Balaban J connectivity index is 1.79. The van der Waals surface area contributed by atoms with Gasteiger partial charge in [0.1, 0.15) is 0 Å². The van der Waals surface area contributed by atoms with Crippen molar-refractivity contribution < 1.29 is 0 Å². The van der Waals surface area contributed by atoms with Crippen LogP contribution in [-0.4, -0.2) is 29.6 Å². The second kappa shape index (κ2) is 6.05. The van der Waals surface area contributed by atoms with Crippen LogP contribution >= 0.6 is 11.6 Å². The Bertz CT molecular complexity index is 448. The molecule has 110 valence electrons. The zero-order valence-corrected chi connectivity index (χ0v) is 12.9. The molecule has 2 N–H and O–H groups in total. The lowest BCUT2D eigenvalue weighted by molar-refractivity contribution is 0.0921. The summed E-state index contributed by atoms with van der Waals surface area (Å²) in [5.74, 6) is 0. The van der Waals surface area contributed by atoms with Crippen molar-refractivity contribution in [3.63, 3.8) is 0 Å². The van der Waals surface area contributed by atoms with Crippen molar-refractivity contribution in [1.82, 2.24) is 4.90 Å². The van der Waals surface area contributed by atoms with Crippen LogP contribution in [0, 0.1) is 0 Å². The van der Waals surface area contributed by atoms with E-state index < -0.39 is 0 Å². The van der Waals surface area contributed by atoms with Gasteiger partial charge in [0.15, 0.2) is 0 Å². The number of rotatable bonds is 4. The Labute approximate surface area is 127 Å². The van der Waals surface area contributed by atoms with E-state index in [1.165, 1.54) is 57.2 Å². The average molecular weight is 293 g/mol. The molecule has 1 heterocycles. The SMILES string of the molecule is NC(Cc1ccccc1Cl)C1(N2CCCC2)CCCC1. The van der Waals surface area contributed by atoms with Crippen molar-refractivity contribution in [1.29, 1.82) is 0 Å². The molecule has 1 aromatic rings. The molecule has 1 unspecified atom stereocenters. The van der Waals surface area contributed by atoms with E-state index in [2.05, 4.69) is 17.0 Å². The van der Waals surface area contributed by atoms with E-state index in [4.69, 9.17) is 17.3 Å². The van der Waals surface area contributed by atoms with Gasteiger partial charge in [0, 0.05) is 16.6 Å². The fourth-order valence-electron chi connectivity index (χ4n) is 4.16. The van der Waals surface area contributed by atoms with Crippen molar-refractivity contribution >= 4 is 11.6 Å². The smallest absolute Gasteiger partial charge is 0.0438 e. The summed E-state index contributed by atoms with van der Waals surface area (Å²) >= 11 is 6.31. The summed E-state index contributed by atoms with van der Waals surface area (Å²) in [4.78, 5) is 2.68. The van der Waals surface area contributed by atoms with Crippen LogP contribution in [-0.2, 0) is 6.42 Å². The summed E-state index contributed by atoms with van der Waals surface area (Å²) < 4.78 is 0. The van der Waals surface area contributed by atoms with E-state index in [0.717, 1.165) is 11.4 Å². The molecule has 0 radical (unpaired) electrons. The van der Waals surface area contributed by atoms with Gasteiger partial charge in [-0.3, -0.25) is 4.90 Å². The molecule has 1 atom stereocenters. The Morgan fingerprint density at radius 1 is 1.10 bits per heavy atom. The molecule has 2 fully saturated rings. The molecular formula is C17H25ClN2. The van der Waals surface area contributed by atoms with Crippen LogP contribution in [0.5, 0.6) is 0 Å². The Kier molecular flexibility index (Phi) is 4.34. The molecule has 1 aromatic carbocycles. The number of hydrogen-bond donors (Lipinski definition) is 1. The third-order valence-corrected chi connectivity index (χ3v) is 5.66. The molecule has 0 amide bonds. The van der Waals surface area contributed by atoms with E-state index in [9.17, 15) is 0 Å². The molecular weight excluding hydrogens is 268 g/mol. The van der Waals surface area contributed by atoms with Gasteiger partial charge in [0.2, 0.25) is 0 Å². The maximum atomic E-state index is 6.69. The third kappa shape index (κ3) is 2.61. The number of benzene rings is 1. The standard InChI is InChI=1S/C17H25ClN2/c18-15-8-2-1-7-14(15)13-16(19)17(9-3-4-10-17)20-11-5-6-12-20/h1-2,7-8,16H,3-6,9-13,19H2. The van der Waals surface area contributed by atoms with Gasteiger partial charge in [-0.25, -0.2) is 0 Å².